The van der Waals surface area contributed by atoms with Crippen LogP contribution in [0.4, 0.5) is 0 Å². The maximum atomic E-state index is 5.42. The molecule has 0 aliphatic carbocycles. The number of rotatable bonds is 1. The van der Waals surface area contributed by atoms with Gasteiger partial charge in [0, 0.05) is 44.4 Å². The van der Waals surface area contributed by atoms with Crippen LogP contribution in [0.25, 0.3) is 0 Å². The van der Waals surface area contributed by atoms with Crippen molar-refractivity contribution < 1.29 is 4.74 Å². The van der Waals surface area contributed by atoms with Crippen LogP contribution in [0.15, 0.2) is 0 Å². The SMILES string of the molecule is CC1CNCC(C)N1C1CCOCC1. The average molecular weight is 198 g/mol. The fraction of sp³-hybridized carbons (Fsp3) is 1.00. The minimum atomic E-state index is 0.682. The summed E-state index contributed by atoms with van der Waals surface area (Å²) in [4.78, 5) is 2.69. The fourth-order valence-corrected chi connectivity index (χ4v) is 2.85. The highest BCUT2D eigenvalue weighted by Gasteiger charge is 2.31. The second-order valence-corrected chi connectivity index (χ2v) is 4.65. The van der Waals surface area contributed by atoms with Gasteiger partial charge >= 0.3 is 0 Å². The third kappa shape index (κ3) is 2.10. The van der Waals surface area contributed by atoms with Crippen LogP contribution in [0, 0.1) is 0 Å². The van der Waals surface area contributed by atoms with E-state index in [4.69, 9.17) is 4.74 Å². The first-order valence-electron chi connectivity index (χ1n) is 5.85. The number of hydrogen-bond donors (Lipinski definition) is 1. The minimum Gasteiger partial charge on any atom is -0.381 e. The third-order valence-electron chi connectivity index (χ3n) is 3.51. The molecule has 3 nitrogen and oxygen atoms in total. The maximum absolute atomic E-state index is 5.42. The Morgan fingerprint density at radius 2 is 1.64 bits per heavy atom. The molecule has 3 heteroatoms. The van der Waals surface area contributed by atoms with Gasteiger partial charge in [0.25, 0.3) is 0 Å². The normalized spacial score (nSPS) is 37.3. The van der Waals surface area contributed by atoms with Gasteiger partial charge in [0.1, 0.15) is 0 Å². The quantitative estimate of drug-likeness (QED) is 0.676. The van der Waals surface area contributed by atoms with Crippen molar-refractivity contribution in [3.63, 3.8) is 0 Å². The number of ether oxygens (including phenoxy) is 1. The van der Waals surface area contributed by atoms with Crippen molar-refractivity contribution >= 4 is 0 Å². The van der Waals surface area contributed by atoms with E-state index in [1.54, 1.807) is 0 Å². The summed E-state index contributed by atoms with van der Waals surface area (Å²) in [6, 6.07) is 2.12. The van der Waals surface area contributed by atoms with Crippen molar-refractivity contribution in [1.29, 1.82) is 0 Å². The molecule has 0 radical (unpaired) electrons. The molecule has 2 rings (SSSR count). The van der Waals surface area contributed by atoms with Crippen LogP contribution < -0.4 is 5.32 Å². The molecule has 2 aliphatic rings. The van der Waals surface area contributed by atoms with Crippen molar-refractivity contribution in [1.82, 2.24) is 10.2 Å². The van der Waals surface area contributed by atoms with Crippen molar-refractivity contribution in [2.75, 3.05) is 26.3 Å². The monoisotopic (exact) mass is 198 g/mol. The topological polar surface area (TPSA) is 24.5 Å². The molecular weight excluding hydrogens is 176 g/mol. The van der Waals surface area contributed by atoms with E-state index in [9.17, 15) is 0 Å². The molecule has 0 aromatic rings. The summed E-state index contributed by atoms with van der Waals surface area (Å²) in [6.07, 6.45) is 2.43. The predicted molar refractivity (Wildman–Crippen MR) is 57.5 cm³/mol. The molecular formula is C11H22N2O. The summed E-state index contributed by atoms with van der Waals surface area (Å²) < 4.78 is 5.42. The van der Waals surface area contributed by atoms with Gasteiger partial charge < -0.3 is 10.1 Å². The molecule has 82 valence electrons. The lowest BCUT2D eigenvalue weighted by atomic mass is 10.0. The van der Waals surface area contributed by atoms with Gasteiger partial charge in [-0.1, -0.05) is 0 Å². The molecule has 1 N–H and O–H groups in total. The molecule has 2 atom stereocenters. The largest absolute Gasteiger partial charge is 0.381 e. The summed E-state index contributed by atoms with van der Waals surface area (Å²) in [5, 5.41) is 3.48. The Kier molecular flexibility index (Phi) is 3.42. The summed E-state index contributed by atoms with van der Waals surface area (Å²) in [6.45, 7) is 8.85. The summed E-state index contributed by atoms with van der Waals surface area (Å²) in [7, 11) is 0. The molecule has 14 heavy (non-hydrogen) atoms. The molecule has 2 aliphatic heterocycles. The third-order valence-corrected chi connectivity index (χ3v) is 3.51. The highest BCUT2D eigenvalue weighted by Crippen LogP contribution is 2.21. The zero-order valence-electron chi connectivity index (χ0n) is 9.33. The van der Waals surface area contributed by atoms with Crippen LogP contribution in [0.2, 0.25) is 0 Å². The Bertz CT molecular complexity index is 170. The molecule has 2 fully saturated rings. The second kappa shape index (κ2) is 4.60. The molecule has 0 bridgehead atoms. The van der Waals surface area contributed by atoms with Crippen molar-refractivity contribution in [3.8, 4) is 0 Å². The van der Waals surface area contributed by atoms with Gasteiger partial charge in [-0.2, -0.15) is 0 Å². The molecule has 2 heterocycles. The molecule has 0 aromatic heterocycles. The maximum Gasteiger partial charge on any atom is 0.0480 e. The highest BCUT2D eigenvalue weighted by molar-refractivity contribution is 4.88. The summed E-state index contributed by atoms with van der Waals surface area (Å²) in [5.41, 5.74) is 0. The fourth-order valence-electron chi connectivity index (χ4n) is 2.85. The number of hydrogen-bond acceptors (Lipinski definition) is 3. The van der Waals surface area contributed by atoms with Gasteiger partial charge in [0.05, 0.1) is 0 Å². The van der Waals surface area contributed by atoms with Crippen molar-refractivity contribution in [3.05, 3.63) is 0 Å². The lowest BCUT2D eigenvalue weighted by Crippen LogP contribution is -2.59. The van der Waals surface area contributed by atoms with E-state index in [0.717, 1.165) is 32.3 Å². The van der Waals surface area contributed by atoms with E-state index in [1.165, 1.54) is 12.8 Å². The molecule has 2 saturated heterocycles. The zero-order valence-corrected chi connectivity index (χ0v) is 9.33. The first-order chi connectivity index (χ1) is 6.79. The van der Waals surface area contributed by atoms with E-state index in [0.29, 0.717) is 12.1 Å². The number of piperazine rings is 1. The first kappa shape index (κ1) is 10.4. The van der Waals surface area contributed by atoms with Crippen molar-refractivity contribution in [2.45, 2.75) is 44.8 Å². The number of nitrogens with one attached hydrogen (secondary N) is 1. The molecule has 0 saturated carbocycles. The average Bonchev–Trinajstić information content (AvgIpc) is 2.19. The Hall–Kier alpha value is -0.120. The van der Waals surface area contributed by atoms with E-state index in [2.05, 4.69) is 24.1 Å². The molecule has 0 spiro atoms. The molecule has 0 amide bonds. The van der Waals surface area contributed by atoms with Crippen molar-refractivity contribution in [2.24, 2.45) is 0 Å². The summed E-state index contributed by atoms with van der Waals surface area (Å²) >= 11 is 0. The van der Waals surface area contributed by atoms with Gasteiger partial charge in [-0.3, -0.25) is 4.90 Å². The van der Waals surface area contributed by atoms with Crippen LogP contribution in [0.3, 0.4) is 0 Å². The van der Waals surface area contributed by atoms with Gasteiger partial charge in [-0.25, -0.2) is 0 Å². The summed E-state index contributed by atoms with van der Waals surface area (Å²) in [5.74, 6) is 0. The van der Waals surface area contributed by atoms with Gasteiger partial charge in [0.15, 0.2) is 0 Å². The Labute approximate surface area is 86.8 Å². The predicted octanol–water partition coefficient (Wildman–Crippen LogP) is 0.848. The van der Waals surface area contributed by atoms with E-state index >= 15 is 0 Å². The van der Waals surface area contributed by atoms with E-state index in [1.807, 2.05) is 0 Å². The minimum absolute atomic E-state index is 0.682. The smallest absolute Gasteiger partial charge is 0.0480 e. The first-order valence-corrected chi connectivity index (χ1v) is 5.85. The van der Waals surface area contributed by atoms with Crippen LogP contribution in [-0.4, -0.2) is 49.3 Å². The Balaban J connectivity index is 1.97. The van der Waals surface area contributed by atoms with Crippen LogP contribution >= 0.6 is 0 Å². The van der Waals surface area contributed by atoms with Gasteiger partial charge in [-0.05, 0) is 26.7 Å². The highest BCUT2D eigenvalue weighted by atomic mass is 16.5. The Morgan fingerprint density at radius 1 is 1.07 bits per heavy atom. The molecule has 0 aromatic carbocycles. The lowest BCUT2D eigenvalue weighted by molar-refractivity contribution is -0.00825. The number of nitrogens with zero attached hydrogens (tertiary/aromatic N) is 1. The zero-order chi connectivity index (χ0) is 9.97. The van der Waals surface area contributed by atoms with Crippen LogP contribution in [0.1, 0.15) is 26.7 Å². The van der Waals surface area contributed by atoms with Gasteiger partial charge in [0.2, 0.25) is 0 Å². The lowest BCUT2D eigenvalue weighted by Gasteiger charge is -2.45. The van der Waals surface area contributed by atoms with Crippen LogP contribution in [-0.2, 0) is 4.74 Å². The molecule has 2 unspecified atom stereocenters. The van der Waals surface area contributed by atoms with E-state index in [-0.39, 0.29) is 0 Å². The standard InChI is InChI=1S/C11H22N2O/c1-9-7-12-8-10(2)13(9)11-3-5-14-6-4-11/h9-12H,3-8H2,1-2H3. The van der Waals surface area contributed by atoms with Gasteiger partial charge in [-0.15, -0.1) is 0 Å². The van der Waals surface area contributed by atoms with E-state index < -0.39 is 0 Å². The Morgan fingerprint density at radius 3 is 2.21 bits per heavy atom. The second-order valence-electron chi connectivity index (χ2n) is 4.65. The van der Waals surface area contributed by atoms with Crippen LogP contribution in [0.5, 0.6) is 0 Å².